The number of rotatable bonds is 1. The van der Waals surface area contributed by atoms with Gasteiger partial charge in [0.1, 0.15) is 0 Å². The highest BCUT2D eigenvalue weighted by molar-refractivity contribution is 6.31. The first-order valence-electron chi connectivity index (χ1n) is 5.64. The molecule has 1 aromatic carbocycles. The van der Waals surface area contributed by atoms with Gasteiger partial charge in [-0.3, -0.25) is 0 Å². The summed E-state index contributed by atoms with van der Waals surface area (Å²) in [6, 6.07) is 7.13. The Morgan fingerprint density at radius 2 is 2.27 bits per heavy atom. The SMILES string of the molecule is Cc1cc(C23CC2CN[C@H]3C)ccc1Cl. The van der Waals surface area contributed by atoms with Crippen LogP contribution in [-0.2, 0) is 5.41 Å². The highest BCUT2D eigenvalue weighted by atomic mass is 35.5. The van der Waals surface area contributed by atoms with E-state index < -0.39 is 0 Å². The Hall–Kier alpha value is -0.530. The van der Waals surface area contributed by atoms with E-state index in [0.29, 0.717) is 11.5 Å². The maximum Gasteiger partial charge on any atom is 0.0435 e. The Labute approximate surface area is 95.8 Å². The molecule has 1 aliphatic carbocycles. The van der Waals surface area contributed by atoms with Crippen molar-refractivity contribution in [2.45, 2.75) is 31.7 Å². The number of halogens is 1. The summed E-state index contributed by atoms with van der Waals surface area (Å²) in [6.45, 7) is 5.58. The summed E-state index contributed by atoms with van der Waals surface area (Å²) in [5.74, 6) is 0.855. The summed E-state index contributed by atoms with van der Waals surface area (Å²) in [7, 11) is 0. The normalized spacial score (nSPS) is 37.8. The van der Waals surface area contributed by atoms with Crippen molar-refractivity contribution < 1.29 is 0 Å². The number of piperidine rings is 1. The van der Waals surface area contributed by atoms with Crippen molar-refractivity contribution >= 4 is 11.6 Å². The highest BCUT2D eigenvalue weighted by Gasteiger charge is 2.62. The fraction of sp³-hybridized carbons (Fsp3) is 0.538. The zero-order valence-corrected chi connectivity index (χ0v) is 9.93. The molecule has 0 aromatic heterocycles. The molecule has 2 fully saturated rings. The molecule has 1 aliphatic heterocycles. The van der Waals surface area contributed by atoms with Gasteiger partial charge in [0.25, 0.3) is 0 Å². The molecule has 2 aliphatic rings. The molecule has 2 unspecified atom stereocenters. The predicted octanol–water partition coefficient (Wildman–Crippen LogP) is 2.90. The van der Waals surface area contributed by atoms with Crippen molar-refractivity contribution in [3.63, 3.8) is 0 Å². The van der Waals surface area contributed by atoms with Gasteiger partial charge in [0.2, 0.25) is 0 Å². The average Bonchev–Trinajstić information content (AvgIpc) is 2.87. The van der Waals surface area contributed by atoms with Crippen LogP contribution < -0.4 is 5.32 Å². The third kappa shape index (κ3) is 1.20. The molecule has 3 rings (SSSR count). The number of aryl methyl sites for hydroxylation is 1. The van der Waals surface area contributed by atoms with Gasteiger partial charge in [-0.2, -0.15) is 0 Å². The Morgan fingerprint density at radius 1 is 1.47 bits per heavy atom. The fourth-order valence-corrected chi connectivity index (χ4v) is 3.29. The number of nitrogens with one attached hydrogen (secondary N) is 1. The van der Waals surface area contributed by atoms with Crippen molar-refractivity contribution in [1.82, 2.24) is 5.32 Å². The number of hydrogen-bond acceptors (Lipinski definition) is 1. The Balaban J connectivity index is 2.03. The molecule has 80 valence electrons. The third-order valence-electron chi connectivity index (χ3n) is 4.29. The summed E-state index contributed by atoms with van der Waals surface area (Å²) in [4.78, 5) is 0. The molecule has 1 aromatic rings. The molecule has 1 heterocycles. The second-order valence-electron chi connectivity index (χ2n) is 5.04. The van der Waals surface area contributed by atoms with Gasteiger partial charge in [-0.15, -0.1) is 0 Å². The standard InChI is InChI=1S/C13H16ClN/c1-8-5-10(3-4-12(8)14)13-6-11(13)7-15-9(13)2/h3-5,9,11,15H,6-7H2,1-2H3/t9-,11?,13?/m0/s1. The van der Waals surface area contributed by atoms with Crippen LogP contribution in [0.1, 0.15) is 24.5 Å². The molecule has 2 heteroatoms. The van der Waals surface area contributed by atoms with Crippen LogP contribution in [0.5, 0.6) is 0 Å². The summed E-state index contributed by atoms with van der Waals surface area (Å²) in [6.07, 6.45) is 1.35. The number of benzene rings is 1. The van der Waals surface area contributed by atoms with Crippen LogP contribution in [0, 0.1) is 12.8 Å². The van der Waals surface area contributed by atoms with Crippen molar-refractivity contribution in [1.29, 1.82) is 0 Å². The van der Waals surface area contributed by atoms with Gasteiger partial charge in [-0.25, -0.2) is 0 Å². The minimum Gasteiger partial charge on any atom is -0.313 e. The molecule has 15 heavy (non-hydrogen) atoms. The lowest BCUT2D eigenvalue weighted by atomic mass is 9.88. The van der Waals surface area contributed by atoms with E-state index in [2.05, 4.69) is 31.3 Å². The first-order chi connectivity index (χ1) is 7.14. The van der Waals surface area contributed by atoms with Crippen molar-refractivity contribution in [3.8, 4) is 0 Å². The van der Waals surface area contributed by atoms with Crippen molar-refractivity contribution in [3.05, 3.63) is 34.3 Å². The van der Waals surface area contributed by atoms with E-state index in [4.69, 9.17) is 11.6 Å². The molecule has 1 saturated carbocycles. The summed E-state index contributed by atoms with van der Waals surface area (Å²) in [5, 5.41) is 4.44. The van der Waals surface area contributed by atoms with Crippen LogP contribution in [0.3, 0.4) is 0 Å². The molecule has 1 N–H and O–H groups in total. The molecular weight excluding hydrogens is 206 g/mol. The smallest absolute Gasteiger partial charge is 0.0435 e. The van der Waals surface area contributed by atoms with E-state index in [1.54, 1.807) is 0 Å². The lowest BCUT2D eigenvalue weighted by Gasteiger charge is -2.20. The monoisotopic (exact) mass is 221 g/mol. The van der Waals surface area contributed by atoms with Gasteiger partial charge in [0, 0.05) is 16.5 Å². The number of fused-ring (bicyclic) bond motifs is 1. The second kappa shape index (κ2) is 2.99. The van der Waals surface area contributed by atoms with E-state index in [1.165, 1.54) is 24.1 Å². The fourth-order valence-electron chi connectivity index (χ4n) is 3.17. The van der Waals surface area contributed by atoms with Crippen molar-refractivity contribution in [2.24, 2.45) is 5.92 Å². The Bertz CT molecular complexity index is 415. The van der Waals surface area contributed by atoms with E-state index in [1.807, 2.05) is 6.07 Å². The molecule has 0 spiro atoms. The second-order valence-corrected chi connectivity index (χ2v) is 5.44. The summed E-state index contributed by atoms with van der Waals surface area (Å²) >= 11 is 6.07. The van der Waals surface area contributed by atoms with E-state index in [9.17, 15) is 0 Å². The van der Waals surface area contributed by atoms with Gasteiger partial charge >= 0.3 is 0 Å². The van der Waals surface area contributed by atoms with Crippen LogP contribution in [0.25, 0.3) is 0 Å². The zero-order chi connectivity index (χ0) is 10.6. The Morgan fingerprint density at radius 3 is 2.80 bits per heavy atom. The predicted molar refractivity (Wildman–Crippen MR) is 63.4 cm³/mol. The third-order valence-corrected chi connectivity index (χ3v) is 4.72. The molecular formula is C13H16ClN. The zero-order valence-electron chi connectivity index (χ0n) is 9.18. The first-order valence-corrected chi connectivity index (χ1v) is 6.02. The summed E-state index contributed by atoms with van der Waals surface area (Å²) in [5.41, 5.74) is 3.11. The quantitative estimate of drug-likeness (QED) is 0.769. The Kier molecular flexibility index (Phi) is 1.93. The van der Waals surface area contributed by atoms with Crippen LogP contribution >= 0.6 is 11.6 Å². The van der Waals surface area contributed by atoms with Gasteiger partial charge in [-0.05, 0) is 49.9 Å². The molecule has 0 bridgehead atoms. The lowest BCUT2D eigenvalue weighted by molar-refractivity contribution is 0.520. The largest absolute Gasteiger partial charge is 0.313 e. The van der Waals surface area contributed by atoms with Crippen LogP contribution in [0.15, 0.2) is 18.2 Å². The van der Waals surface area contributed by atoms with Crippen molar-refractivity contribution in [2.75, 3.05) is 6.54 Å². The minimum atomic E-state index is 0.426. The molecule has 0 amide bonds. The molecule has 1 nitrogen and oxygen atoms in total. The summed E-state index contributed by atoms with van der Waals surface area (Å²) < 4.78 is 0. The van der Waals surface area contributed by atoms with E-state index in [0.717, 1.165) is 10.9 Å². The van der Waals surface area contributed by atoms with Gasteiger partial charge in [-0.1, -0.05) is 23.7 Å². The van der Waals surface area contributed by atoms with Gasteiger partial charge < -0.3 is 5.32 Å². The van der Waals surface area contributed by atoms with Crippen LogP contribution in [0.4, 0.5) is 0 Å². The van der Waals surface area contributed by atoms with Gasteiger partial charge in [0.15, 0.2) is 0 Å². The first kappa shape index (κ1) is 9.68. The average molecular weight is 222 g/mol. The van der Waals surface area contributed by atoms with Crippen LogP contribution in [0.2, 0.25) is 5.02 Å². The topological polar surface area (TPSA) is 12.0 Å². The highest BCUT2D eigenvalue weighted by Crippen LogP contribution is 2.59. The van der Waals surface area contributed by atoms with E-state index in [-0.39, 0.29) is 0 Å². The molecule has 1 saturated heterocycles. The minimum absolute atomic E-state index is 0.426. The van der Waals surface area contributed by atoms with E-state index >= 15 is 0 Å². The molecule has 0 radical (unpaired) electrons. The van der Waals surface area contributed by atoms with Crippen LogP contribution in [-0.4, -0.2) is 12.6 Å². The lowest BCUT2D eigenvalue weighted by Crippen LogP contribution is -2.31. The molecule has 3 atom stereocenters. The van der Waals surface area contributed by atoms with Gasteiger partial charge in [0.05, 0.1) is 0 Å². The number of hydrogen-bond donors (Lipinski definition) is 1. The maximum absolute atomic E-state index is 6.07. The maximum atomic E-state index is 6.07.